The highest BCUT2D eigenvalue weighted by atomic mass is 79.9. The van der Waals surface area contributed by atoms with Crippen LogP contribution in [0.2, 0.25) is 0 Å². The second kappa shape index (κ2) is 3.16. The van der Waals surface area contributed by atoms with Crippen molar-refractivity contribution in [3.05, 3.63) is 34.4 Å². The summed E-state index contributed by atoms with van der Waals surface area (Å²) in [6.07, 6.45) is 1.38. The minimum absolute atomic E-state index is 0.0678. The Morgan fingerprint density at radius 2 is 2.07 bits per heavy atom. The molecule has 72 valence electrons. The van der Waals surface area contributed by atoms with E-state index in [0.717, 1.165) is 6.07 Å². The molecule has 0 saturated heterocycles. The zero-order valence-electron chi connectivity index (χ0n) is 6.89. The van der Waals surface area contributed by atoms with Crippen LogP contribution < -0.4 is 5.73 Å². The van der Waals surface area contributed by atoms with Crippen molar-refractivity contribution in [3.8, 4) is 0 Å². The van der Waals surface area contributed by atoms with E-state index in [2.05, 4.69) is 20.9 Å². The van der Waals surface area contributed by atoms with E-state index in [1.165, 1.54) is 12.3 Å². The lowest BCUT2D eigenvalue weighted by Gasteiger charge is -2.04. The Bertz CT molecular complexity index is 514. The lowest BCUT2D eigenvalue weighted by atomic mass is 10.2. The van der Waals surface area contributed by atoms with Crippen molar-refractivity contribution in [2.24, 2.45) is 0 Å². The molecule has 0 unspecified atom stereocenters. The van der Waals surface area contributed by atoms with Crippen LogP contribution in [0.1, 0.15) is 0 Å². The number of nitrogen functional groups attached to an aromatic ring is 1. The van der Waals surface area contributed by atoms with Gasteiger partial charge in [-0.05, 0) is 28.1 Å². The van der Waals surface area contributed by atoms with Crippen LogP contribution in [0.5, 0.6) is 0 Å². The Morgan fingerprint density at radius 3 is 2.79 bits per heavy atom. The molecule has 2 nitrogen and oxygen atoms in total. The van der Waals surface area contributed by atoms with Crippen molar-refractivity contribution in [1.29, 1.82) is 0 Å². The molecule has 5 heteroatoms. The molecule has 1 aromatic heterocycles. The van der Waals surface area contributed by atoms with Crippen LogP contribution in [-0.2, 0) is 0 Å². The predicted octanol–water partition coefficient (Wildman–Crippen LogP) is 2.86. The van der Waals surface area contributed by atoms with Gasteiger partial charge in [-0.25, -0.2) is 8.78 Å². The van der Waals surface area contributed by atoms with E-state index < -0.39 is 11.6 Å². The van der Waals surface area contributed by atoms with E-state index in [4.69, 9.17) is 5.73 Å². The van der Waals surface area contributed by atoms with Crippen LogP contribution in [0.4, 0.5) is 14.5 Å². The average Bonchev–Trinajstić information content (AvgIpc) is 2.17. The Labute approximate surface area is 86.9 Å². The highest BCUT2D eigenvalue weighted by molar-refractivity contribution is 9.10. The number of hydrogen-bond donors (Lipinski definition) is 1. The summed E-state index contributed by atoms with van der Waals surface area (Å²) in [5, 5.41) is 0.283. The maximum atomic E-state index is 13.4. The number of rotatable bonds is 0. The molecule has 0 bridgehead atoms. The minimum Gasteiger partial charge on any atom is -0.398 e. The molecule has 0 aliphatic carbocycles. The summed E-state index contributed by atoms with van der Waals surface area (Å²) in [4.78, 5) is 3.79. The summed E-state index contributed by atoms with van der Waals surface area (Å²) in [5.74, 6) is -1.41. The monoisotopic (exact) mass is 258 g/mol. The number of fused-ring (bicyclic) bond motifs is 1. The first-order valence-electron chi connectivity index (χ1n) is 3.79. The molecule has 0 spiro atoms. The van der Waals surface area contributed by atoms with Crippen LogP contribution in [0.15, 0.2) is 22.8 Å². The quantitative estimate of drug-likeness (QED) is 0.739. The number of nitrogens with two attached hydrogens (primary N) is 1. The van der Waals surface area contributed by atoms with Gasteiger partial charge in [-0.2, -0.15) is 0 Å². The number of halogens is 3. The molecule has 0 saturated carbocycles. The maximum Gasteiger partial charge on any atom is 0.166 e. The van der Waals surface area contributed by atoms with Crippen LogP contribution in [-0.4, -0.2) is 4.98 Å². The van der Waals surface area contributed by atoms with Crippen LogP contribution in [0, 0.1) is 11.6 Å². The first-order chi connectivity index (χ1) is 6.61. The fourth-order valence-corrected chi connectivity index (χ4v) is 1.52. The average molecular weight is 259 g/mol. The standard InChI is InChI=1S/C9H5BrF2N2/c10-7-5(11)3-4-6(13)1-2-14-9(4)8(7)12/h1-3H,(H2,13,14). The van der Waals surface area contributed by atoms with Gasteiger partial charge in [0.25, 0.3) is 0 Å². The van der Waals surface area contributed by atoms with Gasteiger partial charge in [0.15, 0.2) is 5.82 Å². The van der Waals surface area contributed by atoms with E-state index >= 15 is 0 Å². The number of nitrogens with zero attached hydrogens (tertiary/aromatic N) is 1. The summed E-state index contributed by atoms with van der Waals surface area (Å²) in [6, 6.07) is 2.65. The lowest BCUT2D eigenvalue weighted by Crippen LogP contribution is -1.94. The molecule has 2 N–H and O–H groups in total. The van der Waals surface area contributed by atoms with Gasteiger partial charge in [0, 0.05) is 17.3 Å². The van der Waals surface area contributed by atoms with Crippen LogP contribution in [0.3, 0.4) is 0 Å². The summed E-state index contributed by atoms with van der Waals surface area (Å²) >= 11 is 2.79. The van der Waals surface area contributed by atoms with Gasteiger partial charge < -0.3 is 5.73 Å². The zero-order chi connectivity index (χ0) is 10.3. The number of pyridine rings is 1. The summed E-state index contributed by atoms with van der Waals surface area (Å²) in [7, 11) is 0. The maximum absolute atomic E-state index is 13.4. The van der Waals surface area contributed by atoms with E-state index in [1.807, 2.05) is 0 Å². The van der Waals surface area contributed by atoms with E-state index in [1.54, 1.807) is 0 Å². The molecule has 14 heavy (non-hydrogen) atoms. The van der Waals surface area contributed by atoms with Crippen molar-refractivity contribution < 1.29 is 8.78 Å². The third-order valence-electron chi connectivity index (χ3n) is 1.91. The topological polar surface area (TPSA) is 38.9 Å². The Morgan fingerprint density at radius 1 is 1.36 bits per heavy atom. The van der Waals surface area contributed by atoms with Gasteiger partial charge in [-0.15, -0.1) is 0 Å². The van der Waals surface area contributed by atoms with Crippen molar-refractivity contribution in [3.63, 3.8) is 0 Å². The molecule has 1 heterocycles. The fourth-order valence-electron chi connectivity index (χ4n) is 1.21. The first-order valence-corrected chi connectivity index (χ1v) is 4.58. The van der Waals surface area contributed by atoms with Gasteiger partial charge >= 0.3 is 0 Å². The Hall–Kier alpha value is -1.23. The molecule has 0 amide bonds. The van der Waals surface area contributed by atoms with Crippen molar-refractivity contribution in [2.45, 2.75) is 0 Å². The van der Waals surface area contributed by atoms with E-state index in [0.29, 0.717) is 5.69 Å². The predicted molar refractivity (Wildman–Crippen MR) is 53.8 cm³/mol. The highest BCUT2D eigenvalue weighted by Gasteiger charge is 2.13. The third-order valence-corrected chi connectivity index (χ3v) is 2.63. The van der Waals surface area contributed by atoms with Crippen LogP contribution in [0.25, 0.3) is 10.9 Å². The van der Waals surface area contributed by atoms with Crippen molar-refractivity contribution >= 4 is 32.5 Å². The molecule has 0 atom stereocenters. The normalized spacial score (nSPS) is 10.8. The van der Waals surface area contributed by atoms with Gasteiger partial charge in [0.1, 0.15) is 11.3 Å². The molecular weight excluding hydrogens is 254 g/mol. The second-order valence-corrected chi connectivity index (χ2v) is 3.58. The molecule has 0 radical (unpaired) electrons. The van der Waals surface area contributed by atoms with Crippen LogP contribution >= 0.6 is 15.9 Å². The summed E-state index contributed by atoms with van der Waals surface area (Å²) < 4.78 is 26.3. The van der Waals surface area contributed by atoms with Crippen molar-refractivity contribution in [2.75, 3.05) is 5.73 Å². The smallest absolute Gasteiger partial charge is 0.166 e. The molecule has 0 fully saturated rings. The fraction of sp³-hybridized carbons (Fsp3) is 0. The zero-order valence-corrected chi connectivity index (χ0v) is 8.48. The number of hydrogen-bond acceptors (Lipinski definition) is 2. The van der Waals surface area contributed by atoms with E-state index in [9.17, 15) is 8.78 Å². The Balaban J connectivity index is 2.98. The molecule has 0 aliphatic rings. The number of aromatic nitrogens is 1. The molecule has 0 aliphatic heterocycles. The van der Waals surface area contributed by atoms with E-state index in [-0.39, 0.29) is 15.4 Å². The molecular formula is C9H5BrF2N2. The lowest BCUT2D eigenvalue weighted by molar-refractivity contribution is 0.579. The molecule has 2 aromatic rings. The van der Waals surface area contributed by atoms with Gasteiger partial charge in [0.2, 0.25) is 0 Å². The molecule has 1 aromatic carbocycles. The summed E-state index contributed by atoms with van der Waals surface area (Å²) in [6.45, 7) is 0. The minimum atomic E-state index is -0.729. The van der Waals surface area contributed by atoms with Crippen molar-refractivity contribution in [1.82, 2.24) is 4.98 Å². The summed E-state index contributed by atoms with van der Waals surface area (Å²) in [5.41, 5.74) is 5.93. The van der Waals surface area contributed by atoms with Gasteiger partial charge in [-0.3, -0.25) is 4.98 Å². The van der Waals surface area contributed by atoms with Gasteiger partial charge in [0.05, 0.1) is 4.47 Å². The second-order valence-electron chi connectivity index (χ2n) is 2.78. The third kappa shape index (κ3) is 1.24. The number of benzene rings is 1. The SMILES string of the molecule is Nc1ccnc2c(F)c(Br)c(F)cc12. The highest BCUT2D eigenvalue weighted by Crippen LogP contribution is 2.29. The largest absolute Gasteiger partial charge is 0.398 e. The first kappa shape index (κ1) is 9.33. The molecule has 2 rings (SSSR count). The number of anilines is 1. The van der Waals surface area contributed by atoms with Gasteiger partial charge in [-0.1, -0.05) is 0 Å². The Kier molecular flexibility index (Phi) is 2.11.